The molecule has 1 aliphatic carbocycles. The summed E-state index contributed by atoms with van der Waals surface area (Å²) in [6.45, 7) is 0. The van der Waals surface area contributed by atoms with Crippen molar-refractivity contribution in [1.82, 2.24) is 0 Å². The second kappa shape index (κ2) is 5.69. The Morgan fingerprint density at radius 3 is 2.06 bits per heavy atom. The minimum absolute atomic E-state index is 0.0146. The third-order valence-corrected chi connectivity index (χ3v) is 2.01. The topological polar surface area (TPSA) is 95.2 Å². The third kappa shape index (κ3) is 2.67. The lowest BCUT2D eigenvalue weighted by Gasteiger charge is -2.00. The maximum Gasteiger partial charge on any atom is 0.130 e. The smallest absolute Gasteiger partial charge is 0.130 e. The molecular weight excluding hydrogens is 212 g/mol. The van der Waals surface area contributed by atoms with E-state index in [4.69, 9.17) is 21.2 Å². The second-order valence-electron chi connectivity index (χ2n) is 2.98. The molecule has 0 fully saturated rings. The maximum atomic E-state index is 8.87. The van der Waals surface area contributed by atoms with E-state index in [1.54, 1.807) is 36.4 Å². The van der Waals surface area contributed by atoms with Gasteiger partial charge in [0.15, 0.2) is 0 Å². The molecule has 0 atom stereocenters. The number of rotatable bonds is 2. The summed E-state index contributed by atoms with van der Waals surface area (Å²) in [6.07, 6.45) is 8.27. The van der Waals surface area contributed by atoms with Gasteiger partial charge in [-0.2, -0.15) is 15.8 Å². The molecule has 1 rings (SSSR count). The van der Waals surface area contributed by atoms with Crippen LogP contribution in [0.3, 0.4) is 0 Å². The standard InChI is InChI=1S/C13H6N4/c14-6-10(7-15)5-13(12(8-16)9-17)11-3-1-2-4-11/h1-5,16H. The molecule has 78 valence electrons. The van der Waals surface area contributed by atoms with Gasteiger partial charge in [-0.15, -0.1) is 0 Å². The fraction of sp³-hybridized carbons (Fsp3) is 0. The molecule has 0 aromatic heterocycles. The van der Waals surface area contributed by atoms with Gasteiger partial charge in [0.25, 0.3) is 0 Å². The van der Waals surface area contributed by atoms with Crippen LogP contribution in [-0.4, -0.2) is 5.87 Å². The monoisotopic (exact) mass is 218 g/mol. The molecule has 0 bridgehead atoms. The molecule has 0 aromatic carbocycles. The zero-order chi connectivity index (χ0) is 12.7. The Morgan fingerprint density at radius 2 is 1.65 bits per heavy atom. The maximum absolute atomic E-state index is 8.87. The Bertz CT molecular complexity index is 600. The van der Waals surface area contributed by atoms with Crippen molar-refractivity contribution in [2.24, 2.45) is 0 Å². The summed E-state index contributed by atoms with van der Waals surface area (Å²) in [4.78, 5) is 0. The highest BCUT2D eigenvalue weighted by Crippen LogP contribution is 2.21. The molecule has 4 nitrogen and oxygen atoms in total. The highest BCUT2D eigenvalue weighted by atomic mass is 14.3. The summed E-state index contributed by atoms with van der Waals surface area (Å²) in [5.41, 5.74) is 0.887. The van der Waals surface area contributed by atoms with Crippen molar-refractivity contribution in [2.45, 2.75) is 0 Å². The van der Waals surface area contributed by atoms with Crippen LogP contribution in [0.2, 0.25) is 0 Å². The van der Waals surface area contributed by atoms with Crippen LogP contribution in [0.25, 0.3) is 0 Å². The lowest BCUT2D eigenvalue weighted by Crippen LogP contribution is -1.90. The predicted octanol–water partition coefficient (Wildman–Crippen LogP) is 2.08. The first-order valence-electron chi connectivity index (χ1n) is 4.58. The van der Waals surface area contributed by atoms with Crippen LogP contribution in [0.1, 0.15) is 0 Å². The minimum Gasteiger partial charge on any atom is -0.258 e. The molecule has 1 N–H and O–H groups in total. The molecule has 0 unspecified atom stereocenters. The lowest BCUT2D eigenvalue weighted by molar-refractivity contribution is 1.42. The largest absolute Gasteiger partial charge is 0.258 e. The Labute approximate surface area is 98.5 Å². The van der Waals surface area contributed by atoms with Crippen LogP contribution in [0.15, 0.2) is 52.7 Å². The third-order valence-electron chi connectivity index (χ3n) is 2.01. The van der Waals surface area contributed by atoms with E-state index in [1.165, 1.54) is 6.08 Å². The molecule has 1 aliphatic rings. The van der Waals surface area contributed by atoms with Crippen LogP contribution < -0.4 is 0 Å². The molecule has 0 aromatic rings. The van der Waals surface area contributed by atoms with Crippen molar-refractivity contribution in [3.8, 4) is 18.2 Å². The quantitative estimate of drug-likeness (QED) is 0.567. The second-order valence-corrected chi connectivity index (χ2v) is 2.98. The van der Waals surface area contributed by atoms with Crippen LogP contribution in [0.5, 0.6) is 0 Å². The van der Waals surface area contributed by atoms with Gasteiger partial charge >= 0.3 is 0 Å². The summed E-state index contributed by atoms with van der Waals surface area (Å²) in [5, 5.41) is 33.3. The normalized spacial score (nSPS) is 10.8. The van der Waals surface area contributed by atoms with E-state index in [2.05, 4.69) is 0 Å². The highest BCUT2D eigenvalue weighted by molar-refractivity contribution is 5.74. The van der Waals surface area contributed by atoms with Crippen molar-refractivity contribution in [2.75, 3.05) is 0 Å². The predicted molar refractivity (Wildman–Crippen MR) is 61.5 cm³/mol. The molecule has 0 amide bonds. The van der Waals surface area contributed by atoms with E-state index in [0.29, 0.717) is 11.1 Å². The van der Waals surface area contributed by atoms with Crippen molar-refractivity contribution in [3.05, 3.63) is 52.7 Å². The van der Waals surface area contributed by atoms with Crippen LogP contribution >= 0.6 is 0 Å². The Kier molecular flexibility index (Phi) is 4.00. The Morgan fingerprint density at radius 1 is 1.06 bits per heavy atom. The van der Waals surface area contributed by atoms with E-state index in [0.717, 1.165) is 0 Å². The molecule has 0 saturated carbocycles. The number of allylic oxidation sites excluding steroid dienone is 9. The zero-order valence-electron chi connectivity index (χ0n) is 8.73. The first-order valence-corrected chi connectivity index (χ1v) is 4.58. The van der Waals surface area contributed by atoms with Crippen molar-refractivity contribution in [3.63, 3.8) is 0 Å². The molecule has 0 saturated heterocycles. The first-order chi connectivity index (χ1) is 8.26. The van der Waals surface area contributed by atoms with Gasteiger partial charge in [-0.1, -0.05) is 24.3 Å². The van der Waals surface area contributed by atoms with Crippen molar-refractivity contribution >= 4 is 5.87 Å². The Balaban J connectivity index is 3.46. The van der Waals surface area contributed by atoms with E-state index >= 15 is 0 Å². The highest BCUT2D eigenvalue weighted by Gasteiger charge is 2.09. The van der Waals surface area contributed by atoms with E-state index in [9.17, 15) is 0 Å². The van der Waals surface area contributed by atoms with Gasteiger partial charge in [-0.3, -0.25) is 5.41 Å². The van der Waals surface area contributed by atoms with Crippen LogP contribution in [-0.2, 0) is 0 Å². The van der Waals surface area contributed by atoms with Gasteiger partial charge in [0.05, 0.1) is 0 Å². The van der Waals surface area contributed by atoms with Gasteiger partial charge in [0.2, 0.25) is 0 Å². The molecule has 0 heterocycles. The van der Waals surface area contributed by atoms with Crippen molar-refractivity contribution in [1.29, 1.82) is 21.2 Å². The molecule has 4 heteroatoms. The average Bonchev–Trinajstić information content (AvgIpc) is 2.88. The summed E-state index contributed by atoms with van der Waals surface area (Å²) < 4.78 is 0. The van der Waals surface area contributed by atoms with Crippen LogP contribution in [0, 0.1) is 39.4 Å². The summed E-state index contributed by atoms with van der Waals surface area (Å²) in [6, 6.07) is 5.24. The number of nitrogens with one attached hydrogen (secondary N) is 1. The number of nitrogens with zero attached hydrogens (tertiary/aromatic N) is 3. The zero-order valence-corrected chi connectivity index (χ0v) is 8.73. The van der Waals surface area contributed by atoms with Gasteiger partial charge in [-0.05, 0) is 17.5 Å². The molecule has 0 aliphatic heterocycles. The van der Waals surface area contributed by atoms with E-state index in [1.807, 2.05) is 11.9 Å². The molecular formula is C13H6N4. The first kappa shape index (κ1) is 12.0. The van der Waals surface area contributed by atoms with Crippen LogP contribution in [0.4, 0.5) is 0 Å². The summed E-state index contributed by atoms with van der Waals surface area (Å²) >= 11 is 0. The van der Waals surface area contributed by atoms with E-state index in [-0.39, 0.29) is 11.1 Å². The molecule has 17 heavy (non-hydrogen) atoms. The van der Waals surface area contributed by atoms with Gasteiger partial charge < -0.3 is 0 Å². The molecule has 0 spiro atoms. The molecule has 0 radical (unpaired) electrons. The fourth-order valence-corrected chi connectivity index (χ4v) is 1.24. The van der Waals surface area contributed by atoms with E-state index < -0.39 is 0 Å². The SMILES string of the molecule is N#CC(=C=N)C(C=C(C#N)C#N)=C1C=CC=C1. The summed E-state index contributed by atoms with van der Waals surface area (Å²) in [5.74, 6) is 2.00. The average molecular weight is 218 g/mol. The van der Waals surface area contributed by atoms with Gasteiger partial charge in [0.1, 0.15) is 29.4 Å². The van der Waals surface area contributed by atoms with Crippen molar-refractivity contribution < 1.29 is 0 Å². The number of nitriles is 3. The minimum atomic E-state index is -0.121. The summed E-state index contributed by atoms with van der Waals surface area (Å²) in [7, 11) is 0. The van der Waals surface area contributed by atoms with Gasteiger partial charge in [-0.25, -0.2) is 0 Å². The number of hydrogen-bond donors (Lipinski definition) is 1. The lowest BCUT2D eigenvalue weighted by atomic mass is 10.00. The number of hydrogen-bond acceptors (Lipinski definition) is 4. The fourth-order valence-electron chi connectivity index (χ4n) is 1.24. The van der Waals surface area contributed by atoms with Gasteiger partial charge in [0, 0.05) is 5.57 Å². The Hall–Kier alpha value is -3.12.